The predicted molar refractivity (Wildman–Crippen MR) is 173 cm³/mol. The van der Waals surface area contributed by atoms with E-state index in [0.29, 0.717) is 37.3 Å². The molecule has 2 aliphatic carbocycles. The molecule has 2 N–H and O–H groups in total. The monoisotopic (exact) mass is 602 g/mol. The SMILES string of the molecule is CCC(=O)[C@@H]1C[C@]23CNC(=O)C[C@H](C)CCCCc4cc(NCC5CCCCC5)cc5c(C(C)=O)cn(c45)CC(=O)N1[C@@H]2C3. The molecule has 0 radical (unpaired) electrons. The summed E-state index contributed by atoms with van der Waals surface area (Å²) in [5, 5.41) is 7.77. The molecule has 44 heavy (non-hydrogen) atoms. The van der Waals surface area contributed by atoms with E-state index in [1.54, 1.807) is 6.92 Å². The van der Waals surface area contributed by atoms with Crippen molar-refractivity contribution in [2.75, 3.05) is 18.4 Å². The Labute approximate surface area is 261 Å². The van der Waals surface area contributed by atoms with Gasteiger partial charge in [0, 0.05) is 60.2 Å². The molecule has 0 spiro atoms. The summed E-state index contributed by atoms with van der Waals surface area (Å²) in [5.74, 6) is 1.01. The van der Waals surface area contributed by atoms with Gasteiger partial charge in [-0.15, -0.1) is 0 Å². The van der Waals surface area contributed by atoms with Crippen LogP contribution in [0.1, 0.15) is 114 Å². The number of hydrogen-bond acceptors (Lipinski definition) is 5. The minimum atomic E-state index is -0.454. The van der Waals surface area contributed by atoms with Crippen molar-refractivity contribution in [1.82, 2.24) is 14.8 Å². The zero-order chi connectivity index (χ0) is 31.0. The number of carbonyl (C=O) groups excluding carboxylic acids is 4. The Bertz CT molecular complexity index is 1440. The van der Waals surface area contributed by atoms with Crippen LogP contribution in [0.5, 0.6) is 0 Å². The Morgan fingerprint density at radius 3 is 2.57 bits per heavy atom. The number of amides is 2. The van der Waals surface area contributed by atoms with Gasteiger partial charge < -0.3 is 20.1 Å². The summed E-state index contributed by atoms with van der Waals surface area (Å²) >= 11 is 0. The highest BCUT2D eigenvalue weighted by Gasteiger charge is 2.66. The van der Waals surface area contributed by atoms with Gasteiger partial charge in [-0.25, -0.2) is 0 Å². The molecular formula is C36H50N4O4. The quantitative estimate of drug-likeness (QED) is 0.393. The summed E-state index contributed by atoms with van der Waals surface area (Å²) in [6, 6.07) is 3.84. The van der Waals surface area contributed by atoms with E-state index in [0.717, 1.165) is 60.8 Å². The summed E-state index contributed by atoms with van der Waals surface area (Å²) < 4.78 is 1.98. The molecule has 2 amide bonds. The number of anilines is 1. The maximum atomic E-state index is 14.1. The Morgan fingerprint density at radius 1 is 1.05 bits per heavy atom. The van der Waals surface area contributed by atoms with Crippen molar-refractivity contribution in [3.8, 4) is 0 Å². The standard InChI is InChI=1S/C36H50N4O4/c1-4-31(42)30-17-36-18-32(36)40(30)34(44)21-39-20-29(24(3)41)28-16-27(37-19-25-11-6-5-7-12-25)15-26(35(28)39)13-9-8-10-23(2)14-33(43)38-22-36/h15-16,20,23,25,30,32,37H,4-14,17-19,21-22H2,1-3H3,(H,38,43)/t23-,30+,32-,36+/m1/s1. The zero-order valence-electron chi connectivity index (χ0n) is 26.9. The molecule has 238 valence electrons. The predicted octanol–water partition coefficient (Wildman–Crippen LogP) is 6.04. The van der Waals surface area contributed by atoms with E-state index in [-0.39, 0.29) is 47.3 Å². The Morgan fingerprint density at radius 2 is 1.82 bits per heavy atom. The molecule has 3 fully saturated rings. The second kappa shape index (κ2) is 12.7. The van der Waals surface area contributed by atoms with Crippen LogP contribution in [0.25, 0.3) is 10.9 Å². The van der Waals surface area contributed by atoms with Gasteiger partial charge in [-0.1, -0.05) is 46.0 Å². The van der Waals surface area contributed by atoms with Crippen LogP contribution in [0, 0.1) is 17.3 Å². The first-order valence-corrected chi connectivity index (χ1v) is 17.2. The van der Waals surface area contributed by atoms with E-state index < -0.39 is 6.04 Å². The Hall–Kier alpha value is -3.16. The van der Waals surface area contributed by atoms with Crippen LogP contribution in [0.3, 0.4) is 0 Å². The number of hydrogen-bond donors (Lipinski definition) is 2. The lowest BCUT2D eigenvalue weighted by atomic mass is 9.89. The molecule has 4 atom stereocenters. The molecule has 0 unspecified atom stereocenters. The van der Waals surface area contributed by atoms with Gasteiger partial charge in [0.05, 0.1) is 11.6 Å². The van der Waals surface area contributed by atoms with Crippen LogP contribution < -0.4 is 10.6 Å². The summed E-state index contributed by atoms with van der Waals surface area (Å²) in [6.07, 6.45) is 14.4. The first-order valence-electron chi connectivity index (χ1n) is 17.2. The smallest absolute Gasteiger partial charge is 0.243 e. The number of nitrogens with zero attached hydrogens (tertiary/aromatic N) is 2. The maximum Gasteiger partial charge on any atom is 0.243 e. The maximum absolute atomic E-state index is 14.1. The third kappa shape index (κ3) is 6.18. The molecule has 2 aromatic rings. The molecule has 1 saturated heterocycles. The first-order chi connectivity index (χ1) is 21.2. The number of rotatable bonds is 6. The van der Waals surface area contributed by atoms with Crippen LogP contribution in [0.15, 0.2) is 18.3 Å². The lowest BCUT2D eigenvalue weighted by Crippen LogP contribution is -2.44. The molecule has 1 aromatic heterocycles. The van der Waals surface area contributed by atoms with Gasteiger partial charge in [-0.3, -0.25) is 19.2 Å². The molecule has 2 saturated carbocycles. The van der Waals surface area contributed by atoms with E-state index in [2.05, 4.69) is 29.7 Å². The van der Waals surface area contributed by atoms with Crippen molar-refractivity contribution < 1.29 is 19.2 Å². The van der Waals surface area contributed by atoms with Crippen molar-refractivity contribution in [3.05, 3.63) is 29.5 Å². The van der Waals surface area contributed by atoms with Gasteiger partial charge in [-0.2, -0.15) is 0 Å². The number of aromatic nitrogens is 1. The van der Waals surface area contributed by atoms with Crippen LogP contribution >= 0.6 is 0 Å². The van der Waals surface area contributed by atoms with Gasteiger partial charge in [0.15, 0.2) is 11.6 Å². The van der Waals surface area contributed by atoms with Crippen LogP contribution in [-0.2, 0) is 27.3 Å². The van der Waals surface area contributed by atoms with E-state index in [4.69, 9.17) is 0 Å². The number of carbonyl (C=O) groups is 4. The fraction of sp³-hybridized carbons (Fsp3) is 0.667. The van der Waals surface area contributed by atoms with Gasteiger partial charge in [0.25, 0.3) is 0 Å². The van der Waals surface area contributed by atoms with Crippen LogP contribution in [0.4, 0.5) is 5.69 Å². The van der Waals surface area contributed by atoms with Gasteiger partial charge in [-0.05, 0) is 75.0 Å². The first kappa shape index (κ1) is 30.8. The van der Waals surface area contributed by atoms with Crippen LogP contribution in [-0.4, -0.2) is 58.0 Å². The zero-order valence-corrected chi connectivity index (χ0v) is 26.9. The minimum Gasteiger partial charge on any atom is -0.385 e. The molecule has 6 rings (SSSR count). The molecule has 8 heteroatoms. The van der Waals surface area contributed by atoms with E-state index in [1.165, 1.54) is 32.1 Å². The largest absolute Gasteiger partial charge is 0.385 e. The van der Waals surface area contributed by atoms with Crippen molar-refractivity contribution in [1.29, 1.82) is 0 Å². The Kier molecular flexibility index (Phi) is 8.89. The summed E-state index contributed by atoms with van der Waals surface area (Å²) in [5.41, 5.74) is 3.57. The highest BCUT2D eigenvalue weighted by molar-refractivity contribution is 6.09. The third-order valence-corrected chi connectivity index (χ3v) is 11.0. The summed E-state index contributed by atoms with van der Waals surface area (Å²) in [4.78, 5) is 54.9. The number of piperidine rings is 1. The van der Waals surface area contributed by atoms with Crippen molar-refractivity contribution in [2.45, 2.75) is 123 Å². The molecule has 2 aliphatic heterocycles. The molecule has 3 heterocycles. The number of benzene rings is 1. The van der Waals surface area contributed by atoms with Crippen LogP contribution in [0.2, 0.25) is 0 Å². The van der Waals surface area contributed by atoms with Crippen molar-refractivity contribution in [3.63, 3.8) is 0 Å². The minimum absolute atomic E-state index is 0.00953. The second-order valence-electron chi connectivity index (χ2n) is 14.4. The summed E-state index contributed by atoms with van der Waals surface area (Å²) in [6.45, 7) is 7.15. The van der Waals surface area contributed by atoms with Gasteiger partial charge in [0.1, 0.15) is 6.54 Å². The lowest BCUT2D eigenvalue weighted by molar-refractivity contribution is -0.139. The van der Waals surface area contributed by atoms with Gasteiger partial charge in [0.2, 0.25) is 11.8 Å². The van der Waals surface area contributed by atoms with Crippen molar-refractivity contribution >= 4 is 40.0 Å². The fourth-order valence-corrected chi connectivity index (χ4v) is 8.44. The third-order valence-electron chi connectivity index (χ3n) is 11.0. The normalized spacial score (nSPS) is 28.3. The number of Topliss-reactive ketones (excluding diaryl/α,β-unsaturated/α-hetero) is 2. The molecule has 8 nitrogen and oxygen atoms in total. The lowest BCUT2D eigenvalue weighted by Gasteiger charge is -2.27. The fourth-order valence-electron chi connectivity index (χ4n) is 8.44. The second-order valence-corrected chi connectivity index (χ2v) is 14.4. The molecule has 1 aromatic carbocycles. The highest BCUT2D eigenvalue weighted by atomic mass is 16.2. The number of aryl methyl sites for hydroxylation is 1. The van der Waals surface area contributed by atoms with Gasteiger partial charge >= 0.3 is 0 Å². The summed E-state index contributed by atoms with van der Waals surface area (Å²) in [7, 11) is 0. The highest BCUT2D eigenvalue weighted by Crippen LogP contribution is 2.59. The van der Waals surface area contributed by atoms with E-state index >= 15 is 0 Å². The van der Waals surface area contributed by atoms with Crippen molar-refractivity contribution in [2.24, 2.45) is 17.3 Å². The molecular weight excluding hydrogens is 552 g/mol. The Balaban J connectivity index is 1.37. The van der Waals surface area contributed by atoms with E-state index in [1.807, 2.05) is 22.6 Å². The topological polar surface area (TPSA) is 101 Å². The molecule has 2 bridgehead atoms. The van der Waals surface area contributed by atoms with E-state index in [9.17, 15) is 19.2 Å². The number of ketones is 2. The number of nitrogens with one attached hydrogen (secondary N) is 2. The molecule has 4 aliphatic rings. The average molecular weight is 603 g/mol. The average Bonchev–Trinajstić information content (AvgIpc) is 3.42.